The number of aliphatic hydroxyl groups excluding tert-OH is 1. The van der Waals surface area contributed by atoms with Gasteiger partial charge in [0, 0.05) is 6.04 Å². The van der Waals surface area contributed by atoms with Crippen LogP contribution in [0.25, 0.3) is 0 Å². The number of carboxylic acids is 1. The zero-order valence-corrected chi connectivity index (χ0v) is 17.9. The highest BCUT2D eigenvalue weighted by molar-refractivity contribution is 5.87. The van der Waals surface area contributed by atoms with E-state index in [9.17, 15) is 19.1 Å². The standard InChI is InChI=1S/C24H28FNO5/c1-24(2,3)31-23(30)26-19(13-15-7-9-16(10-8-15)22(28)29)11-12-20(26)21(27)17-5-4-6-18(25)14-17/h4-10,14,19-21,27H,11-13H2,1-3H3,(H,28,29)/t19-,20+,21+/m0/s1. The number of carbonyl (C=O) groups excluding carboxylic acids is 1. The highest BCUT2D eigenvalue weighted by Gasteiger charge is 2.43. The molecule has 0 radical (unpaired) electrons. The molecule has 3 atom stereocenters. The van der Waals surface area contributed by atoms with Crippen LogP contribution in [0.15, 0.2) is 48.5 Å². The van der Waals surface area contributed by atoms with Crippen molar-refractivity contribution in [3.8, 4) is 0 Å². The van der Waals surface area contributed by atoms with Crippen molar-refractivity contribution in [3.63, 3.8) is 0 Å². The summed E-state index contributed by atoms with van der Waals surface area (Å²) in [4.78, 5) is 25.7. The molecule has 0 aromatic heterocycles. The van der Waals surface area contributed by atoms with Crippen LogP contribution in [0.5, 0.6) is 0 Å². The molecule has 7 heteroatoms. The van der Waals surface area contributed by atoms with E-state index in [1.807, 2.05) is 0 Å². The van der Waals surface area contributed by atoms with Crippen LogP contribution < -0.4 is 0 Å². The Balaban J connectivity index is 1.85. The second-order valence-electron chi connectivity index (χ2n) is 8.89. The molecule has 1 heterocycles. The highest BCUT2D eigenvalue weighted by Crippen LogP contribution is 2.36. The van der Waals surface area contributed by atoms with Crippen molar-refractivity contribution in [2.75, 3.05) is 0 Å². The van der Waals surface area contributed by atoms with E-state index >= 15 is 0 Å². The molecule has 0 bridgehead atoms. The Hall–Kier alpha value is -2.93. The number of halogens is 1. The van der Waals surface area contributed by atoms with Gasteiger partial charge in [0.25, 0.3) is 0 Å². The van der Waals surface area contributed by atoms with E-state index in [0.29, 0.717) is 24.8 Å². The van der Waals surface area contributed by atoms with Gasteiger partial charge in [0.05, 0.1) is 17.7 Å². The molecule has 0 spiro atoms. The smallest absolute Gasteiger partial charge is 0.410 e. The minimum atomic E-state index is -1.05. The Morgan fingerprint density at radius 3 is 2.42 bits per heavy atom. The van der Waals surface area contributed by atoms with E-state index in [4.69, 9.17) is 9.84 Å². The third-order valence-corrected chi connectivity index (χ3v) is 5.38. The van der Waals surface area contributed by atoms with Gasteiger partial charge in [-0.2, -0.15) is 0 Å². The predicted octanol–water partition coefficient (Wildman–Crippen LogP) is 4.57. The lowest BCUT2D eigenvalue weighted by Crippen LogP contribution is -2.47. The zero-order valence-electron chi connectivity index (χ0n) is 17.9. The summed E-state index contributed by atoms with van der Waals surface area (Å²) in [6, 6.07) is 11.5. The normalized spacial score (nSPS) is 19.8. The molecule has 1 amide bonds. The number of carboxylic acid groups (broad SMARTS) is 1. The fourth-order valence-electron chi connectivity index (χ4n) is 3.99. The van der Waals surface area contributed by atoms with Gasteiger partial charge in [0.1, 0.15) is 11.4 Å². The maximum atomic E-state index is 13.7. The number of carbonyl (C=O) groups is 2. The monoisotopic (exact) mass is 429 g/mol. The molecule has 0 aliphatic carbocycles. The Morgan fingerprint density at radius 1 is 1.16 bits per heavy atom. The summed E-state index contributed by atoms with van der Waals surface area (Å²) in [5, 5.41) is 20.0. The summed E-state index contributed by atoms with van der Waals surface area (Å²) < 4.78 is 19.3. The molecule has 1 aliphatic rings. The number of nitrogens with zero attached hydrogens (tertiary/aromatic N) is 1. The summed E-state index contributed by atoms with van der Waals surface area (Å²) in [6.07, 6.45) is 0.0808. The van der Waals surface area contributed by atoms with Gasteiger partial charge in [0.15, 0.2) is 0 Å². The zero-order chi connectivity index (χ0) is 22.8. The van der Waals surface area contributed by atoms with Crippen molar-refractivity contribution in [2.45, 2.75) is 63.8 Å². The van der Waals surface area contributed by atoms with E-state index in [1.165, 1.54) is 30.3 Å². The number of benzene rings is 2. The Morgan fingerprint density at radius 2 is 1.84 bits per heavy atom. The summed E-state index contributed by atoms with van der Waals surface area (Å²) in [5.74, 6) is -1.45. The number of rotatable bonds is 5. The van der Waals surface area contributed by atoms with Crippen LogP contribution in [0.3, 0.4) is 0 Å². The third-order valence-electron chi connectivity index (χ3n) is 5.38. The molecule has 2 N–H and O–H groups in total. The molecule has 6 nitrogen and oxygen atoms in total. The summed E-state index contributed by atoms with van der Waals surface area (Å²) >= 11 is 0. The molecular weight excluding hydrogens is 401 g/mol. The maximum Gasteiger partial charge on any atom is 0.410 e. The van der Waals surface area contributed by atoms with Gasteiger partial charge < -0.3 is 14.9 Å². The first kappa shape index (κ1) is 22.7. The van der Waals surface area contributed by atoms with Crippen LogP contribution in [-0.4, -0.2) is 44.9 Å². The van der Waals surface area contributed by atoms with E-state index < -0.39 is 35.6 Å². The average molecular weight is 429 g/mol. The number of aliphatic hydroxyl groups is 1. The first-order valence-corrected chi connectivity index (χ1v) is 10.3. The van der Waals surface area contributed by atoms with Crippen molar-refractivity contribution < 1.29 is 28.9 Å². The Kier molecular flexibility index (Phi) is 6.65. The Labute approximate surface area is 181 Å². The molecule has 1 saturated heterocycles. The minimum Gasteiger partial charge on any atom is -0.478 e. The molecule has 1 fully saturated rings. The topological polar surface area (TPSA) is 87.1 Å². The summed E-state index contributed by atoms with van der Waals surface area (Å²) in [6.45, 7) is 5.33. The lowest BCUT2D eigenvalue weighted by Gasteiger charge is -2.35. The number of likely N-dealkylation sites (tertiary alicyclic amines) is 1. The van der Waals surface area contributed by atoms with E-state index in [2.05, 4.69) is 0 Å². The highest BCUT2D eigenvalue weighted by atomic mass is 19.1. The van der Waals surface area contributed by atoms with Gasteiger partial charge in [-0.25, -0.2) is 14.0 Å². The number of aromatic carboxylic acids is 1. The van der Waals surface area contributed by atoms with Crippen LogP contribution in [-0.2, 0) is 11.2 Å². The van der Waals surface area contributed by atoms with E-state index in [0.717, 1.165) is 5.56 Å². The van der Waals surface area contributed by atoms with Crippen LogP contribution in [0.4, 0.5) is 9.18 Å². The lowest BCUT2D eigenvalue weighted by atomic mass is 10.0. The molecule has 166 valence electrons. The molecule has 1 aliphatic heterocycles. The quantitative estimate of drug-likeness (QED) is 0.727. The van der Waals surface area contributed by atoms with Crippen molar-refractivity contribution in [1.82, 2.24) is 4.90 Å². The van der Waals surface area contributed by atoms with Gasteiger partial charge in [-0.3, -0.25) is 4.90 Å². The SMILES string of the molecule is CC(C)(C)OC(=O)N1[C@H](Cc2ccc(C(=O)O)cc2)CC[C@@H]1[C@H](O)c1cccc(F)c1. The van der Waals surface area contributed by atoms with Crippen molar-refractivity contribution >= 4 is 12.1 Å². The molecule has 0 saturated carbocycles. The number of ether oxygens (including phenoxy) is 1. The van der Waals surface area contributed by atoms with Gasteiger partial charge >= 0.3 is 12.1 Å². The number of amides is 1. The fraction of sp³-hybridized carbons (Fsp3) is 0.417. The van der Waals surface area contributed by atoms with Crippen LogP contribution in [0, 0.1) is 5.82 Å². The molecule has 3 rings (SSSR count). The molecule has 0 unspecified atom stereocenters. The van der Waals surface area contributed by atoms with Crippen LogP contribution >= 0.6 is 0 Å². The van der Waals surface area contributed by atoms with Crippen LogP contribution in [0.1, 0.15) is 61.2 Å². The molecule has 31 heavy (non-hydrogen) atoms. The largest absolute Gasteiger partial charge is 0.478 e. The van der Waals surface area contributed by atoms with Crippen molar-refractivity contribution in [2.24, 2.45) is 0 Å². The van der Waals surface area contributed by atoms with Crippen LogP contribution in [0.2, 0.25) is 0 Å². The second kappa shape index (κ2) is 9.06. The molecular formula is C24H28FNO5. The van der Waals surface area contributed by atoms with Gasteiger partial charge in [-0.15, -0.1) is 0 Å². The first-order chi connectivity index (χ1) is 14.5. The summed E-state index contributed by atoms with van der Waals surface area (Å²) in [5.41, 5.74) is 0.773. The number of hydrogen-bond acceptors (Lipinski definition) is 4. The van der Waals surface area contributed by atoms with Crippen molar-refractivity contribution in [3.05, 3.63) is 71.0 Å². The summed E-state index contributed by atoms with van der Waals surface area (Å²) in [7, 11) is 0. The van der Waals surface area contributed by atoms with Crippen molar-refractivity contribution in [1.29, 1.82) is 0 Å². The van der Waals surface area contributed by atoms with Gasteiger partial charge in [-0.05, 0) is 75.4 Å². The average Bonchev–Trinajstić information content (AvgIpc) is 3.10. The maximum absolute atomic E-state index is 13.7. The predicted molar refractivity (Wildman–Crippen MR) is 113 cm³/mol. The van der Waals surface area contributed by atoms with E-state index in [1.54, 1.807) is 43.9 Å². The third kappa shape index (κ3) is 5.61. The molecule has 2 aromatic rings. The minimum absolute atomic E-state index is 0.193. The number of hydrogen-bond donors (Lipinski definition) is 2. The van der Waals surface area contributed by atoms with Gasteiger partial charge in [-0.1, -0.05) is 24.3 Å². The fourth-order valence-corrected chi connectivity index (χ4v) is 3.99. The first-order valence-electron chi connectivity index (χ1n) is 10.3. The second-order valence-corrected chi connectivity index (χ2v) is 8.89. The van der Waals surface area contributed by atoms with E-state index in [-0.39, 0.29) is 11.6 Å². The molecule has 2 aromatic carbocycles. The van der Waals surface area contributed by atoms with Gasteiger partial charge in [0.2, 0.25) is 0 Å². The lowest BCUT2D eigenvalue weighted by molar-refractivity contribution is -0.00456. The Bertz CT molecular complexity index is 938.